The van der Waals surface area contributed by atoms with Crippen molar-refractivity contribution in [2.24, 2.45) is 0 Å². The first-order valence-corrected chi connectivity index (χ1v) is 9.39. The average molecular weight is 391 g/mol. The number of nitrogens with zero attached hydrogens (tertiary/aromatic N) is 2. The van der Waals surface area contributed by atoms with Gasteiger partial charge in [-0.25, -0.2) is 0 Å². The number of aliphatic hydroxyl groups is 1. The topological polar surface area (TPSA) is 53.4 Å². The molecule has 4 rings (SSSR count). The van der Waals surface area contributed by atoms with Gasteiger partial charge in [0.1, 0.15) is 0 Å². The molecule has 0 saturated heterocycles. The van der Waals surface area contributed by atoms with Gasteiger partial charge >= 0.3 is 0 Å². The molecule has 2 aromatic carbocycles. The normalized spacial score (nSPS) is 16.7. The molecule has 140 valence electrons. The van der Waals surface area contributed by atoms with Crippen molar-refractivity contribution in [2.75, 3.05) is 0 Å². The number of hydrogen-bond acceptors (Lipinski definition) is 3. The highest BCUT2D eigenvalue weighted by Crippen LogP contribution is 2.43. The summed E-state index contributed by atoms with van der Waals surface area (Å²) in [5, 5.41) is 11.4. The summed E-state index contributed by atoms with van der Waals surface area (Å²) < 4.78 is 0. The molecule has 1 aliphatic rings. The van der Waals surface area contributed by atoms with Gasteiger partial charge < -0.3 is 10.0 Å². The second kappa shape index (κ2) is 7.49. The molecule has 28 heavy (non-hydrogen) atoms. The van der Waals surface area contributed by atoms with E-state index in [1.54, 1.807) is 23.2 Å². The number of benzene rings is 2. The van der Waals surface area contributed by atoms with E-state index in [4.69, 9.17) is 11.6 Å². The maximum Gasteiger partial charge on any atom is 0.290 e. The lowest BCUT2D eigenvalue weighted by atomic mass is 9.93. The molecule has 3 aromatic rings. The summed E-state index contributed by atoms with van der Waals surface area (Å²) in [6, 6.07) is 20.3. The summed E-state index contributed by atoms with van der Waals surface area (Å²) in [4.78, 5) is 19.0. The molecule has 0 spiro atoms. The maximum absolute atomic E-state index is 13.0. The largest absolute Gasteiger partial charge is 0.503 e. The third-order valence-electron chi connectivity index (χ3n) is 4.91. The summed E-state index contributed by atoms with van der Waals surface area (Å²) in [6.07, 6.45) is 1.70. The summed E-state index contributed by atoms with van der Waals surface area (Å²) in [5.41, 5.74) is 4.17. The lowest BCUT2D eigenvalue weighted by molar-refractivity contribution is -0.130. The molecule has 1 aliphatic heterocycles. The van der Waals surface area contributed by atoms with Crippen LogP contribution in [0.25, 0.3) is 5.57 Å². The van der Waals surface area contributed by atoms with Crippen LogP contribution < -0.4 is 0 Å². The van der Waals surface area contributed by atoms with Crippen molar-refractivity contribution < 1.29 is 9.90 Å². The van der Waals surface area contributed by atoms with Crippen molar-refractivity contribution in [1.29, 1.82) is 0 Å². The minimum atomic E-state index is -0.422. The molecule has 4 nitrogen and oxygen atoms in total. The quantitative estimate of drug-likeness (QED) is 0.674. The highest BCUT2D eigenvalue weighted by Gasteiger charge is 2.41. The van der Waals surface area contributed by atoms with Gasteiger partial charge in [-0.05, 0) is 42.3 Å². The Morgan fingerprint density at radius 2 is 1.75 bits per heavy atom. The lowest BCUT2D eigenvalue weighted by Crippen LogP contribution is -2.30. The van der Waals surface area contributed by atoms with Crippen LogP contribution in [0.2, 0.25) is 5.02 Å². The van der Waals surface area contributed by atoms with Gasteiger partial charge in [-0.3, -0.25) is 9.78 Å². The van der Waals surface area contributed by atoms with Gasteiger partial charge in [0.05, 0.1) is 18.3 Å². The predicted octanol–water partition coefficient (Wildman–Crippen LogP) is 5.10. The van der Waals surface area contributed by atoms with Gasteiger partial charge in [-0.15, -0.1) is 0 Å². The van der Waals surface area contributed by atoms with Crippen LogP contribution in [0.1, 0.15) is 28.4 Å². The Morgan fingerprint density at radius 3 is 2.39 bits per heavy atom. The van der Waals surface area contributed by atoms with Crippen molar-refractivity contribution in [1.82, 2.24) is 9.88 Å². The van der Waals surface area contributed by atoms with Gasteiger partial charge in [-0.2, -0.15) is 0 Å². The van der Waals surface area contributed by atoms with E-state index in [-0.39, 0.29) is 5.76 Å². The summed E-state index contributed by atoms with van der Waals surface area (Å²) in [5.74, 6) is -0.624. The van der Waals surface area contributed by atoms with Crippen LogP contribution in [0.3, 0.4) is 0 Å². The van der Waals surface area contributed by atoms with E-state index in [2.05, 4.69) is 4.98 Å². The van der Waals surface area contributed by atoms with Gasteiger partial charge in [0.2, 0.25) is 0 Å². The molecule has 0 fully saturated rings. The Hall–Kier alpha value is -3.11. The van der Waals surface area contributed by atoms with Crippen LogP contribution in [0.4, 0.5) is 0 Å². The van der Waals surface area contributed by atoms with Crippen molar-refractivity contribution in [3.63, 3.8) is 0 Å². The maximum atomic E-state index is 13.0. The fraction of sp³-hybridized carbons (Fsp3) is 0.130. The van der Waals surface area contributed by atoms with E-state index in [0.717, 1.165) is 22.4 Å². The summed E-state index contributed by atoms with van der Waals surface area (Å²) in [6.45, 7) is 2.30. The van der Waals surface area contributed by atoms with E-state index in [1.165, 1.54) is 0 Å². The Balaban J connectivity index is 1.81. The molecule has 1 unspecified atom stereocenters. The zero-order valence-corrected chi connectivity index (χ0v) is 16.1. The fourth-order valence-corrected chi connectivity index (χ4v) is 3.63. The minimum Gasteiger partial charge on any atom is -0.503 e. The first-order valence-electron chi connectivity index (χ1n) is 9.01. The standard InChI is InChI=1S/C23H19ClN2O2/c1-15-5-7-16(8-6-15)20-21(17-9-11-18(24)12-10-17)26(23(28)22(20)27)14-19-4-2-3-13-25-19/h2-13,21,27H,14H2,1H3. The number of amides is 1. The third kappa shape index (κ3) is 3.39. The molecule has 1 N–H and O–H groups in total. The van der Waals surface area contributed by atoms with Crippen LogP contribution >= 0.6 is 11.6 Å². The van der Waals surface area contributed by atoms with Crippen molar-refractivity contribution in [3.05, 3.63) is 106 Å². The summed E-state index contributed by atoms with van der Waals surface area (Å²) in [7, 11) is 0. The second-order valence-electron chi connectivity index (χ2n) is 6.84. The number of carbonyl (C=O) groups is 1. The van der Waals surface area contributed by atoms with E-state index in [0.29, 0.717) is 17.1 Å². The number of aryl methyl sites for hydroxylation is 1. The Kier molecular flexibility index (Phi) is 4.88. The molecule has 0 radical (unpaired) electrons. The number of aromatic nitrogens is 1. The molecule has 0 aliphatic carbocycles. The first-order chi connectivity index (χ1) is 13.5. The monoisotopic (exact) mass is 390 g/mol. The van der Waals surface area contributed by atoms with Crippen molar-refractivity contribution in [3.8, 4) is 0 Å². The van der Waals surface area contributed by atoms with Crippen molar-refractivity contribution >= 4 is 23.1 Å². The van der Waals surface area contributed by atoms with Gasteiger partial charge in [0, 0.05) is 16.8 Å². The van der Waals surface area contributed by atoms with Crippen LogP contribution in [-0.4, -0.2) is 20.9 Å². The number of carbonyl (C=O) groups excluding carboxylic acids is 1. The minimum absolute atomic E-state index is 0.222. The molecule has 2 heterocycles. The number of rotatable bonds is 4. The van der Waals surface area contributed by atoms with Gasteiger partial charge in [0.15, 0.2) is 5.76 Å². The third-order valence-corrected chi connectivity index (χ3v) is 5.16. The van der Waals surface area contributed by atoms with Gasteiger partial charge in [0.25, 0.3) is 5.91 Å². The second-order valence-corrected chi connectivity index (χ2v) is 7.27. The molecule has 1 atom stereocenters. The Bertz CT molecular complexity index is 1030. The molecular formula is C23H19ClN2O2. The number of halogens is 1. The van der Waals surface area contributed by atoms with Gasteiger partial charge in [-0.1, -0.05) is 59.6 Å². The Labute approximate surface area is 168 Å². The summed E-state index contributed by atoms with van der Waals surface area (Å²) >= 11 is 6.06. The fourth-order valence-electron chi connectivity index (χ4n) is 3.50. The zero-order chi connectivity index (χ0) is 19.7. The van der Waals surface area contributed by atoms with Crippen LogP contribution in [0.5, 0.6) is 0 Å². The molecule has 5 heteroatoms. The SMILES string of the molecule is Cc1ccc(C2=C(O)C(=O)N(Cc3ccccn3)C2c2ccc(Cl)cc2)cc1. The molecule has 0 bridgehead atoms. The lowest BCUT2D eigenvalue weighted by Gasteiger charge is -2.27. The van der Waals surface area contributed by atoms with E-state index in [1.807, 2.05) is 61.5 Å². The van der Waals surface area contributed by atoms with E-state index >= 15 is 0 Å². The number of aliphatic hydroxyl groups excluding tert-OH is 1. The van der Waals surface area contributed by atoms with Crippen LogP contribution in [0, 0.1) is 6.92 Å². The molecule has 1 amide bonds. The van der Waals surface area contributed by atoms with E-state index < -0.39 is 11.9 Å². The molecule has 0 saturated carbocycles. The molecule has 1 aromatic heterocycles. The average Bonchev–Trinajstić information content (AvgIpc) is 2.95. The Morgan fingerprint density at radius 1 is 1.04 bits per heavy atom. The predicted molar refractivity (Wildman–Crippen MR) is 110 cm³/mol. The van der Waals surface area contributed by atoms with Crippen LogP contribution in [-0.2, 0) is 11.3 Å². The highest BCUT2D eigenvalue weighted by molar-refractivity contribution is 6.30. The highest BCUT2D eigenvalue weighted by atomic mass is 35.5. The number of pyridine rings is 1. The van der Waals surface area contributed by atoms with Crippen molar-refractivity contribution in [2.45, 2.75) is 19.5 Å². The first kappa shape index (κ1) is 18.3. The van der Waals surface area contributed by atoms with Crippen LogP contribution in [0.15, 0.2) is 78.7 Å². The number of hydrogen-bond donors (Lipinski definition) is 1. The zero-order valence-electron chi connectivity index (χ0n) is 15.3. The smallest absolute Gasteiger partial charge is 0.290 e. The molecular weight excluding hydrogens is 372 g/mol. The van der Waals surface area contributed by atoms with E-state index in [9.17, 15) is 9.90 Å².